The smallest absolute Gasteiger partial charge is 0.327 e. The van der Waals surface area contributed by atoms with E-state index in [0.29, 0.717) is 19.7 Å². The molecule has 0 heterocycles. The van der Waals surface area contributed by atoms with E-state index in [1.54, 1.807) is 0 Å². The summed E-state index contributed by atoms with van der Waals surface area (Å²) in [4.78, 5) is 0. The van der Waals surface area contributed by atoms with Crippen molar-refractivity contribution in [3.8, 4) is 0 Å². The van der Waals surface area contributed by atoms with Crippen molar-refractivity contribution in [3.05, 3.63) is 0 Å². The third-order valence-corrected chi connectivity index (χ3v) is 1.53. The molecule has 0 saturated carbocycles. The van der Waals surface area contributed by atoms with Crippen LogP contribution in [-0.2, 0) is 13.8 Å². The number of ether oxygens (including phenoxy) is 1. The predicted octanol–water partition coefficient (Wildman–Crippen LogP) is -0.0976. The van der Waals surface area contributed by atoms with Gasteiger partial charge in [-0.2, -0.15) is 0 Å². The second-order valence-electron chi connectivity index (χ2n) is 2.24. The lowest BCUT2D eigenvalue weighted by Crippen LogP contribution is -2.28. The molecule has 1 unspecified atom stereocenters. The van der Waals surface area contributed by atoms with Crippen LogP contribution in [0.15, 0.2) is 0 Å². The van der Waals surface area contributed by atoms with Crippen LogP contribution in [0.5, 0.6) is 0 Å². The molecule has 0 amide bonds. The first-order valence-electron chi connectivity index (χ1n) is 3.81. The molecule has 0 aliphatic heterocycles. The fraction of sp³-hybridized carbons (Fsp3) is 1.00. The van der Waals surface area contributed by atoms with Gasteiger partial charge in [0.1, 0.15) is 0 Å². The highest BCUT2D eigenvalue weighted by Gasteiger charge is 2.06. The van der Waals surface area contributed by atoms with E-state index in [0.717, 1.165) is 6.42 Å². The third kappa shape index (κ3) is 6.64. The lowest BCUT2D eigenvalue weighted by atomic mass is 10.4. The van der Waals surface area contributed by atoms with Crippen LogP contribution < -0.4 is 11.5 Å². The van der Waals surface area contributed by atoms with E-state index in [4.69, 9.17) is 16.2 Å². The molecule has 72 valence electrons. The fourth-order valence-electron chi connectivity index (χ4n) is 0.631. The molecule has 0 rings (SSSR count). The van der Waals surface area contributed by atoms with Crippen molar-refractivity contribution in [2.75, 3.05) is 26.3 Å². The first-order valence-corrected chi connectivity index (χ1v) is 4.54. The van der Waals surface area contributed by atoms with Crippen LogP contribution in [0.4, 0.5) is 0 Å². The van der Waals surface area contributed by atoms with Crippen LogP contribution in [0, 0.1) is 0 Å². The molecule has 0 spiro atoms. The average Bonchev–Trinajstić information content (AvgIpc) is 2.11. The zero-order valence-electron chi connectivity index (χ0n) is 6.94. The highest BCUT2D eigenvalue weighted by atomic mass is 31.1. The minimum absolute atomic E-state index is 0.182. The van der Waals surface area contributed by atoms with E-state index >= 15 is 0 Å². The van der Waals surface area contributed by atoms with Gasteiger partial charge in [-0.3, -0.25) is 4.52 Å². The summed E-state index contributed by atoms with van der Waals surface area (Å²) in [7, 11) is -0.338. The SMILES string of the molecule is NCCCOC(CN)COP=O. The Kier molecular flexibility index (Phi) is 8.99. The van der Waals surface area contributed by atoms with Crippen LogP contribution in [0.25, 0.3) is 0 Å². The fourth-order valence-corrected chi connectivity index (χ4v) is 0.858. The topological polar surface area (TPSA) is 87.6 Å². The Labute approximate surface area is 73.7 Å². The van der Waals surface area contributed by atoms with Crippen LogP contribution in [0.2, 0.25) is 0 Å². The lowest BCUT2D eigenvalue weighted by Gasteiger charge is -2.13. The van der Waals surface area contributed by atoms with E-state index in [9.17, 15) is 4.57 Å². The highest BCUT2D eigenvalue weighted by molar-refractivity contribution is 7.17. The van der Waals surface area contributed by atoms with Crippen molar-refractivity contribution < 1.29 is 13.8 Å². The normalized spacial score (nSPS) is 13.5. The molecule has 12 heavy (non-hydrogen) atoms. The molecular weight excluding hydrogens is 179 g/mol. The molecule has 0 aliphatic carbocycles. The Bertz CT molecular complexity index is 115. The predicted molar refractivity (Wildman–Crippen MR) is 46.0 cm³/mol. The van der Waals surface area contributed by atoms with Crippen molar-refractivity contribution in [1.82, 2.24) is 0 Å². The summed E-state index contributed by atoms with van der Waals surface area (Å²) in [6.45, 7) is 1.78. The molecule has 0 bridgehead atoms. The molecule has 0 aromatic heterocycles. The first-order chi connectivity index (χ1) is 5.85. The Morgan fingerprint density at radius 3 is 2.67 bits per heavy atom. The Morgan fingerprint density at radius 2 is 2.17 bits per heavy atom. The Morgan fingerprint density at radius 1 is 1.42 bits per heavy atom. The molecule has 0 fully saturated rings. The standard InChI is InChI=1S/C6H15N2O3P/c7-2-1-3-10-6(4-8)5-11-12-9/h6H,1-5,7-8H2. The molecular formula is C6H15N2O3P. The lowest BCUT2D eigenvalue weighted by molar-refractivity contribution is 0.0288. The van der Waals surface area contributed by atoms with Crippen molar-refractivity contribution in [2.24, 2.45) is 11.5 Å². The van der Waals surface area contributed by atoms with Gasteiger partial charge in [-0.15, -0.1) is 0 Å². The summed E-state index contributed by atoms with van der Waals surface area (Å²) in [5.74, 6) is 0. The van der Waals surface area contributed by atoms with Crippen LogP contribution in [0.1, 0.15) is 6.42 Å². The monoisotopic (exact) mass is 194 g/mol. The van der Waals surface area contributed by atoms with E-state index in [-0.39, 0.29) is 21.4 Å². The molecule has 6 heteroatoms. The van der Waals surface area contributed by atoms with Gasteiger partial charge in [0.15, 0.2) is 0 Å². The van der Waals surface area contributed by atoms with Crippen molar-refractivity contribution in [2.45, 2.75) is 12.5 Å². The van der Waals surface area contributed by atoms with Gasteiger partial charge in [0.05, 0.1) is 12.7 Å². The van der Waals surface area contributed by atoms with Gasteiger partial charge in [-0.05, 0) is 13.0 Å². The Hall–Kier alpha value is -0.0600. The number of rotatable bonds is 8. The summed E-state index contributed by atoms with van der Waals surface area (Å²) in [6.07, 6.45) is 0.615. The third-order valence-electron chi connectivity index (χ3n) is 1.28. The summed E-state index contributed by atoms with van der Waals surface area (Å²) in [6, 6.07) is 0. The molecule has 0 aliphatic rings. The van der Waals surface area contributed by atoms with E-state index in [1.165, 1.54) is 0 Å². The second kappa shape index (κ2) is 9.03. The maximum atomic E-state index is 9.91. The summed E-state index contributed by atoms with van der Waals surface area (Å²) >= 11 is 0. The highest BCUT2D eigenvalue weighted by Crippen LogP contribution is 1.99. The van der Waals surface area contributed by atoms with Crippen molar-refractivity contribution in [1.29, 1.82) is 0 Å². The molecule has 0 aromatic rings. The maximum absolute atomic E-state index is 9.91. The number of nitrogens with two attached hydrogens (primary N) is 2. The minimum atomic E-state index is -0.338. The zero-order chi connectivity index (χ0) is 9.23. The van der Waals surface area contributed by atoms with E-state index in [1.807, 2.05) is 0 Å². The van der Waals surface area contributed by atoms with E-state index in [2.05, 4.69) is 4.52 Å². The maximum Gasteiger partial charge on any atom is 0.327 e. The molecule has 4 N–H and O–H groups in total. The van der Waals surface area contributed by atoms with Gasteiger partial charge in [0.2, 0.25) is 0 Å². The molecule has 0 aromatic carbocycles. The van der Waals surface area contributed by atoms with Gasteiger partial charge in [-0.1, -0.05) is 0 Å². The van der Waals surface area contributed by atoms with Crippen LogP contribution in [-0.4, -0.2) is 32.4 Å². The van der Waals surface area contributed by atoms with Gasteiger partial charge in [0, 0.05) is 13.2 Å². The quantitative estimate of drug-likeness (QED) is 0.416. The van der Waals surface area contributed by atoms with Crippen LogP contribution in [0.3, 0.4) is 0 Å². The molecule has 0 radical (unpaired) electrons. The van der Waals surface area contributed by atoms with Gasteiger partial charge < -0.3 is 16.2 Å². The average molecular weight is 194 g/mol. The van der Waals surface area contributed by atoms with Gasteiger partial charge in [0.25, 0.3) is 0 Å². The van der Waals surface area contributed by atoms with Crippen molar-refractivity contribution in [3.63, 3.8) is 0 Å². The zero-order valence-corrected chi connectivity index (χ0v) is 7.83. The van der Waals surface area contributed by atoms with Gasteiger partial charge >= 0.3 is 8.69 Å². The summed E-state index contributed by atoms with van der Waals surface area (Å²) < 4.78 is 19.8. The molecule has 1 atom stereocenters. The van der Waals surface area contributed by atoms with Gasteiger partial charge in [-0.25, -0.2) is 4.57 Å². The minimum Gasteiger partial charge on any atom is -0.374 e. The second-order valence-corrected chi connectivity index (χ2v) is 2.65. The summed E-state index contributed by atoms with van der Waals surface area (Å²) in [5.41, 5.74) is 10.6. The van der Waals surface area contributed by atoms with Crippen LogP contribution >= 0.6 is 8.69 Å². The summed E-state index contributed by atoms with van der Waals surface area (Å²) in [5, 5.41) is 0. The number of hydrogen-bond donors (Lipinski definition) is 2. The Balaban J connectivity index is 3.32. The largest absolute Gasteiger partial charge is 0.374 e. The number of hydrogen-bond acceptors (Lipinski definition) is 5. The molecule has 0 saturated heterocycles. The van der Waals surface area contributed by atoms with Crippen molar-refractivity contribution >= 4 is 8.69 Å². The first kappa shape index (κ1) is 11.9. The molecule has 5 nitrogen and oxygen atoms in total. The van der Waals surface area contributed by atoms with E-state index < -0.39 is 0 Å².